The van der Waals surface area contributed by atoms with Crippen molar-refractivity contribution in [3.63, 3.8) is 0 Å². The molecule has 1 N–H and O–H groups in total. The van der Waals surface area contributed by atoms with Gasteiger partial charge in [-0.2, -0.15) is 11.8 Å². The van der Waals surface area contributed by atoms with Gasteiger partial charge in [-0.05, 0) is 32.1 Å². The number of rotatable bonds is 20. The Balaban J connectivity index is 3.18. The third-order valence-electron chi connectivity index (χ3n) is 4.37. The van der Waals surface area contributed by atoms with Gasteiger partial charge in [-0.1, -0.05) is 70.4 Å². The minimum atomic E-state index is -0.0766. The summed E-state index contributed by atoms with van der Waals surface area (Å²) in [6, 6.07) is 0. The number of carbonyl (C=O) groups excluding carboxylic acids is 1. The van der Waals surface area contributed by atoms with Crippen molar-refractivity contribution in [3.05, 3.63) is 12.2 Å². The fraction of sp³-hybridized carbons (Fsp3) is 0.864. The highest BCUT2D eigenvalue weighted by atomic mass is 32.2. The molecule has 0 atom stereocenters. The van der Waals surface area contributed by atoms with E-state index in [4.69, 9.17) is 9.84 Å². The van der Waals surface area contributed by atoms with Gasteiger partial charge in [0.05, 0.1) is 6.61 Å². The van der Waals surface area contributed by atoms with E-state index in [1.54, 1.807) is 11.8 Å². The van der Waals surface area contributed by atoms with Crippen LogP contribution in [0.5, 0.6) is 0 Å². The van der Waals surface area contributed by atoms with Crippen LogP contribution in [0.3, 0.4) is 0 Å². The number of hydrogen-bond donors (Lipinski definition) is 1. The Morgan fingerprint density at radius 2 is 1.42 bits per heavy atom. The normalized spacial score (nSPS) is 11.3. The predicted octanol–water partition coefficient (Wildman–Crippen LogP) is 6.29. The quantitative estimate of drug-likeness (QED) is 0.152. The average molecular weight is 387 g/mol. The number of esters is 1. The van der Waals surface area contributed by atoms with Crippen molar-refractivity contribution in [2.24, 2.45) is 0 Å². The van der Waals surface area contributed by atoms with E-state index in [9.17, 15) is 4.79 Å². The molecule has 0 aliphatic heterocycles. The lowest BCUT2D eigenvalue weighted by molar-refractivity contribution is -0.143. The van der Waals surface area contributed by atoms with Crippen molar-refractivity contribution < 1.29 is 14.6 Å². The molecule has 0 aromatic carbocycles. The molecule has 0 aromatic heterocycles. The lowest BCUT2D eigenvalue weighted by atomic mass is 10.1. The van der Waals surface area contributed by atoms with E-state index >= 15 is 0 Å². The summed E-state index contributed by atoms with van der Waals surface area (Å²) < 4.78 is 5.16. The topological polar surface area (TPSA) is 46.5 Å². The first kappa shape index (κ1) is 25.5. The Morgan fingerprint density at radius 3 is 2.04 bits per heavy atom. The minimum Gasteiger partial charge on any atom is -0.465 e. The van der Waals surface area contributed by atoms with Crippen LogP contribution in [0, 0.1) is 0 Å². The second-order valence-electron chi connectivity index (χ2n) is 6.89. The highest BCUT2D eigenvalue weighted by Crippen LogP contribution is 2.10. The van der Waals surface area contributed by atoms with Crippen molar-refractivity contribution in [2.45, 2.75) is 96.8 Å². The number of aliphatic hydroxyl groups is 1. The third kappa shape index (κ3) is 21.6. The Bertz CT molecular complexity index is 319. The summed E-state index contributed by atoms with van der Waals surface area (Å²) >= 11 is 1.61. The zero-order valence-corrected chi connectivity index (χ0v) is 17.9. The van der Waals surface area contributed by atoms with Crippen LogP contribution in [0.25, 0.3) is 0 Å². The van der Waals surface area contributed by atoms with Gasteiger partial charge in [-0.25, -0.2) is 0 Å². The zero-order valence-electron chi connectivity index (χ0n) is 17.1. The van der Waals surface area contributed by atoms with Gasteiger partial charge in [0.1, 0.15) is 6.61 Å². The molecule has 3 nitrogen and oxygen atoms in total. The number of thioether (sulfide) groups is 1. The van der Waals surface area contributed by atoms with E-state index in [1.807, 2.05) is 0 Å². The summed E-state index contributed by atoms with van der Waals surface area (Å²) in [6.45, 7) is 2.92. The Morgan fingerprint density at radius 1 is 0.846 bits per heavy atom. The smallest absolute Gasteiger partial charge is 0.305 e. The van der Waals surface area contributed by atoms with Crippen LogP contribution >= 0.6 is 11.8 Å². The highest BCUT2D eigenvalue weighted by Gasteiger charge is 2.02. The first-order valence-corrected chi connectivity index (χ1v) is 12.0. The number of carbonyl (C=O) groups is 1. The average Bonchev–Trinajstić information content (AvgIpc) is 2.64. The van der Waals surface area contributed by atoms with E-state index in [1.165, 1.54) is 70.6 Å². The van der Waals surface area contributed by atoms with Crippen molar-refractivity contribution in [3.8, 4) is 0 Å². The van der Waals surface area contributed by atoms with E-state index in [-0.39, 0.29) is 12.6 Å². The summed E-state index contributed by atoms with van der Waals surface area (Å²) in [5.41, 5.74) is 0. The summed E-state index contributed by atoms with van der Waals surface area (Å²) in [5.74, 6) is 1.41. The van der Waals surface area contributed by atoms with Crippen LogP contribution in [0.2, 0.25) is 0 Å². The Hall–Kier alpha value is -0.480. The number of unbranched alkanes of at least 4 members (excludes halogenated alkanes) is 11. The summed E-state index contributed by atoms with van der Waals surface area (Å²) in [4.78, 5) is 11.5. The van der Waals surface area contributed by atoms with Crippen LogP contribution in [0.1, 0.15) is 96.8 Å². The molecular weight excluding hydrogens is 344 g/mol. The second kappa shape index (κ2) is 22.6. The lowest BCUT2D eigenvalue weighted by Crippen LogP contribution is -2.07. The zero-order chi connectivity index (χ0) is 19.1. The largest absolute Gasteiger partial charge is 0.465 e. The standard InChI is InChI=1S/C22H42O3S/c1-2-3-4-5-6-7-8-9-10-11-12-13-14-15-16-17-22(24)25-19-21-26-20-18-23/h9-10,23H,2-8,11-21H2,1H3. The maximum atomic E-state index is 11.5. The molecule has 0 fully saturated rings. The molecule has 0 bridgehead atoms. The van der Waals surface area contributed by atoms with E-state index < -0.39 is 0 Å². The number of ether oxygens (including phenoxy) is 1. The van der Waals surface area contributed by atoms with Crippen molar-refractivity contribution in [1.29, 1.82) is 0 Å². The first-order chi connectivity index (χ1) is 12.8. The minimum absolute atomic E-state index is 0.0766. The maximum absolute atomic E-state index is 11.5. The molecule has 0 saturated carbocycles. The van der Waals surface area contributed by atoms with Gasteiger partial charge in [0.15, 0.2) is 0 Å². The van der Waals surface area contributed by atoms with Gasteiger partial charge in [-0.3, -0.25) is 4.79 Å². The summed E-state index contributed by atoms with van der Waals surface area (Å²) in [6.07, 6.45) is 21.7. The SMILES string of the molecule is CCCCCCCCC=CCCCCCCCC(=O)OCCSCCO. The third-order valence-corrected chi connectivity index (χ3v) is 5.30. The molecule has 0 spiro atoms. The van der Waals surface area contributed by atoms with E-state index in [2.05, 4.69) is 19.1 Å². The van der Waals surface area contributed by atoms with Gasteiger partial charge < -0.3 is 9.84 Å². The van der Waals surface area contributed by atoms with E-state index in [0.717, 1.165) is 18.6 Å². The first-order valence-electron chi connectivity index (χ1n) is 10.8. The molecule has 154 valence electrons. The monoisotopic (exact) mass is 386 g/mol. The van der Waals surface area contributed by atoms with E-state index in [0.29, 0.717) is 18.8 Å². The molecule has 0 rings (SSSR count). The molecule has 0 aliphatic rings. The Kier molecular flexibility index (Phi) is 22.1. The fourth-order valence-corrected chi connectivity index (χ4v) is 3.33. The molecule has 4 heteroatoms. The van der Waals surface area contributed by atoms with Gasteiger partial charge in [0.25, 0.3) is 0 Å². The molecule has 0 heterocycles. The van der Waals surface area contributed by atoms with Gasteiger partial charge >= 0.3 is 5.97 Å². The predicted molar refractivity (Wildman–Crippen MR) is 115 cm³/mol. The fourth-order valence-electron chi connectivity index (χ4n) is 2.79. The van der Waals surface area contributed by atoms with Gasteiger partial charge in [-0.15, -0.1) is 0 Å². The Labute approximate surface area is 166 Å². The molecule has 0 aliphatic carbocycles. The van der Waals surface area contributed by atoms with Crippen LogP contribution in [0.15, 0.2) is 12.2 Å². The summed E-state index contributed by atoms with van der Waals surface area (Å²) in [7, 11) is 0. The lowest BCUT2D eigenvalue weighted by Gasteiger charge is -2.04. The molecule has 0 saturated heterocycles. The van der Waals surface area contributed by atoms with Gasteiger partial charge in [0.2, 0.25) is 0 Å². The van der Waals surface area contributed by atoms with Crippen LogP contribution in [-0.4, -0.2) is 35.8 Å². The molecule has 0 amide bonds. The molecule has 0 unspecified atom stereocenters. The molecule has 26 heavy (non-hydrogen) atoms. The van der Waals surface area contributed by atoms with Crippen LogP contribution < -0.4 is 0 Å². The maximum Gasteiger partial charge on any atom is 0.305 e. The van der Waals surface area contributed by atoms with Crippen molar-refractivity contribution in [1.82, 2.24) is 0 Å². The highest BCUT2D eigenvalue weighted by molar-refractivity contribution is 7.99. The van der Waals surface area contributed by atoms with Crippen molar-refractivity contribution >= 4 is 17.7 Å². The number of allylic oxidation sites excluding steroid dienone is 2. The van der Waals surface area contributed by atoms with Gasteiger partial charge in [0, 0.05) is 17.9 Å². The molecule has 0 aromatic rings. The number of hydrogen-bond acceptors (Lipinski definition) is 4. The summed E-state index contributed by atoms with van der Waals surface area (Å²) in [5, 5.41) is 8.64. The number of aliphatic hydroxyl groups excluding tert-OH is 1. The molecule has 0 radical (unpaired) electrons. The van der Waals surface area contributed by atoms with Crippen molar-refractivity contribution in [2.75, 3.05) is 24.7 Å². The molecular formula is C22H42O3S. The van der Waals surface area contributed by atoms with Crippen LogP contribution in [-0.2, 0) is 9.53 Å². The second-order valence-corrected chi connectivity index (χ2v) is 8.12. The van der Waals surface area contributed by atoms with Crippen LogP contribution in [0.4, 0.5) is 0 Å².